The average Bonchev–Trinajstić information content (AvgIpc) is 3.06. The fraction of sp³-hybridized carbons (Fsp3) is 0.222. The molecule has 4 aromatic rings. The monoisotopic (exact) mass is 966 g/mol. The molecule has 0 aliphatic heterocycles. The molecule has 3 aromatic carbocycles. The smallest absolute Gasteiger partial charge is 0.397 e. The summed E-state index contributed by atoms with van der Waals surface area (Å²) >= 11 is 6.06. The SMILES string of the molecule is Cc1cc(Nc2nc(Cl)nc(Cc3cc(S(=O)(=O)CCOS(=O)(=O)O)cc(S(=O)(=O)O)c3O)n2)ccc1/N=N/c1ccc(S(=O)(=O)CCOS(=O)(=O)O)cc1S(=O)(=O)O. The number of azo groups is 1. The van der Waals surface area contributed by atoms with Crippen LogP contribution in [0.1, 0.15) is 17.0 Å². The molecule has 0 bridgehead atoms. The van der Waals surface area contributed by atoms with Crippen LogP contribution >= 0.6 is 11.6 Å². The highest BCUT2D eigenvalue weighted by atomic mass is 35.5. The second-order valence-corrected chi connectivity index (χ2v) is 21.0. The number of hydrogen-bond acceptors (Lipinski definition) is 21. The minimum Gasteiger partial charge on any atom is -0.506 e. The van der Waals surface area contributed by atoms with Crippen molar-refractivity contribution in [3.05, 3.63) is 70.8 Å². The number of aromatic nitrogens is 3. The number of phenolic OH excluding ortho intramolecular Hbond substituents is 1. The molecule has 32 heteroatoms. The molecule has 0 unspecified atom stereocenters. The van der Waals surface area contributed by atoms with Crippen LogP contribution in [0, 0.1) is 6.92 Å². The number of aryl methyl sites for hydroxylation is 1. The van der Waals surface area contributed by atoms with Gasteiger partial charge in [0.15, 0.2) is 19.7 Å². The van der Waals surface area contributed by atoms with Crippen LogP contribution < -0.4 is 5.32 Å². The molecule has 0 fully saturated rings. The first-order chi connectivity index (χ1) is 26.9. The van der Waals surface area contributed by atoms with Crippen molar-refractivity contribution in [2.75, 3.05) is 30.0 Å². The second kappa shape index (κ2) is 17.7. The van der Waals surface area contributed by atoms with Gasteiger partial charge in [-0.2, -0.15) is 48.8 Å². The summed E-state index contributed by atoms with van der Waals surface area (Å²) in [7, 11) is -29.3. The number of phenols is 1. The third-order valence-corrected chi connectivity index (χ3v) is 13.4. The molecule has 6 N–H and O–H groups in total. The van der Waals surface area contributed by atoms with E-state index >= 15 is 0 Å². The number of nitrogens with zero attached hydrogens (tertiary/aromatic N) is 5. The summed E-state index contributed by atoms with van der Waals surface area (Å²) in [6.07, 6.45) is -0.630. The van der Waals surface area contributed by atoms with E-state index in [1.165, 1.54) is 25.1 Å². The van der Waals surface area contributed by atoms with Crippen LogP contribution in [-0.4, -0.2) is 113 Å². The Morgan fingerprint density at radius 1 is 0.661 bits per heavy atom. The van der Waals surface area contributed by atoms with Crippen molar-refractivity contribution in [3.63, 3.8) is 0 Å². The number of rotatable bonds is 18. The van der Waals surface area contributed by atoms with Gasteiger partial charge in [-0.1, -0.05) is 0 Å². The van der Waals surface area contributed by atoms with Crippen LogP contribution in [0.2, 0.25) is 5.28 Å². The highest BCUT2D eigenvalue weighted by molar-refractivity contribution is 7.92. The zero-order valence-corrected chi connectivity index (χ0v) is 34.8. The fourth-order valence-electron chi connectivity index (χ4n) is 4.64. The number of anilines is 2. The Morgan fingerprint density at radius 2 is 1.19 bits per heavy atom. The van der Waals surface area contributed by atoms with Crippen LogP contribution in [-0.2, 0) is 75.5 Å². The Kier molecular flexibility index (Phi) is 14.2. The molecule has 0 radical (unpaired) electrons. The lowest BCUT2D eigenvalue weighted by Gasteiger charge is -2.13. The molecular weight excluding hydrogens is 940 g/mol. The lowest BCUT2D eigenvalue weighted by molar-refractivity contribution is 0.282. The molecule has 322 valence electrons. The molecule has 1 aromatic heterocycles. The van der Waals surface area contributed by atoms with Crippen molar-refractivity contribution in [3.8, 4) is 5.75 Å². The highest BCUT2D eigenvalue weighted by Crippen LogP contribution is 2.34. The average molecular weight is 967 g/mol. The first-order valence-electron chi connectivity index (χ1n) is 15.3. The van der Waals surface area contributed by atoms with E-state index in [9.17, 15) is 64.7 Å². The van der Waals surface area contributed by atoms with E-state index in [0.717, 1.165) is 18.2 Å². The van der Waals surface area contributed by atoms with E-state index in [-0.39, 0.29) is 23.1 Å². The Labute approximate surface area is 340 Å². The summed E-state index contributed by atoms with van der Waals surface area (Å²) in [5, 5.41) is 20.7. The summed E-state index contributed by atoms with van der Waals surface area (Å²) < 4.78 is 187. The predicted octanol–water partition coefficient (Wildman–Crippen LogP) is 1.97. The molecule has 0 aliphatic carbocycles. The number of aromatic hydroxyl groups is 1. The molecule has 4 rings (SSSR count). The standard InChI is InChI=1S/C27H27ClN6O19S6/c1-15-10-17(2-4-20(15)33-34-21-5-3-18(13-22(21)56(40,41)42)54(36,37)8-6-52-58(46,47)48)29-27-31-24(30-26(28)32-27)12-16-11-19(14-23(25(16)35)57(43,44)45)55(38,39)9-7-53-59(49,50)51/h2-5,10-11,13-14,35H,6-9,12H2,1H3,(H,40,41,42)(H,43,44,45)(H,46,47,48)(H,49,50,51)(H,29,30,31,32)/b34-33+. The van der Waals surface area contributed by atoms with Crippen molar-refractivity contribution in [2.45, 2.75) is 32.9 Å². The summed E-state index contributed by atoms with van der Waals surface area (Å²) in [6, 6.07) is 7.79. The van der Waals surface area contributed by atoms with Gasteiger partial charge >= 0.3 is 20.8 Å². The van der Waals surface area contributed by atoms with Crippen molar-refractivity contribution < 1.29 is 82.2 Å². The number of sulfone groups is 2. The van der Waals surface area contributed by atoms with E-state index in [0.29, 0.717) is 17.7 Å². The Morgan fingerprint density at radius 3 is 1.73 bits per heavy atom. The summed E-state index contributed by atoms with van der Waals surface area (Å²) in [5.74, 6) is -3.72. The van der Waals surface area contributed by atoms with Crippen molar-refractivity contribution in [2.24, 2.45) is 10.2 Å². The van der Waals surface area contributed by atoms with E-state index in [1.54, 1.807) is 0 Å². The minimum absolute atomic E-state index is 0.120. The van der Waals surface area contributed by atoms with Crippen molar-refractivity contribution in [1.82, 2.24) is 15.0 Å². The molecule has 0 atom stereocenters. The third kappa shape index (κ3) is 13.6. The number of hydrogen-bond donors (Lipinski definition) is 6. The van der Waals surface area contributed by atoms with Gasteiger partial charge in [0.2, 0.25) is 11.2 Å². The van der Waals surface area contributed by atoms with E-state index in [1.807, 2.05) is 0 Å². The third-order valence-electron chi connectivity index (χ3n) is 7.22. The van der Waals surface area contributed by atoms with E-state index < -0.39 is 134 Å². The molecule has 0 spiro atoms. The molecule has 1 heterocycles. The van der Waals surface area contributed by atoms with Gasteiger partial charge in [-0.25, -0.2) is 30.2 Å². The predicted molar refractivity (Wildman–Crippen MR) is 200 cm³/mol. The van der Waals surface area contributed by atoms with Gasteiger partial charge < -0.3 is 10.4 Å². The second-order valence-electron chi connectivity index (χ2n) is 11.5. The van der Waals surface area contributed by atoms with Gasteiger partial charge in [-0.05, 0) is 72.6 Å². The van der Waals surface area contributed by atoms with Crippen LogP contribution in [0.4, 0.5) is 23.0 Å². The molecule has 59 heavy (non-hydrogen) atoms. The maximum atomic E-state index is 12.9. The van der Waals surface area contributed by atoms with Gasteiger partial charge in [-0.3, -0.25) is 18.2 Å². The van der Waals surface area contributed by atoms with Gasteiger partial charge in [0.25, 0.3) is 20.2 Å². The van der Waals surface area contributed by atoms with Crippen LogP contribution in [0.25, 0.3) is 0 Å². The zero-order chi connectivity index (χ0) is 44.4. The van der Waals surface area contributed by atoms with Crippen LogP contribution in [0.15, 0.2) is 78.3 Å². The van der Waals surface area contributed by atoms with Crippen molar-refractivity contribution in [1.29, 1.82) is 0 Å². The van der Waals surface area contributed by atoms with Gasteiger partial charge in [0.05, 0.1) is 40.2 Å². The zero-order valence-electron chi connectivity index (χ0n) is 29.2. The maximum absolute atomic E-state index is 12.9. The molecule has 0 amide bonds. The molecular formula is C27H27ClN6O19S6. The maximum Gasteiger partial charge on any atom is 0.397 e. The van der Waals surface area contributed by atoms with E-state index in [2.05, 4.69) is 38.9 Å². The first-order valence-corrected chi connectivity index (χ1v) is 24.6. The van der Waals surface area contributed by atoms with Gasteiger partial charge in [0, 0.05) is 17.7 Å². The fourth-order valence-corrected chi connectivity index (χ4v) is 9.33. The van der Waals surface area contributed by atoms with Gasteiger partial charge in [0.1, 0.15) is 27.1 Å². The topological polar surface area (TPSA) is 400 Å². The number of halogens is 1. The summed E-state index contributed by atoms with van der Waals surface area (Å²) in [4.78, 5) is 8.22. The lowest BCUT2D eigenvalue weighted by Crippen LogP contribution is -2.16. The quantitative estimate of drug-likeness (QED) is 0.0613. The number of benzene rings is 3. The Bertz CT molecular complexity index is 3020. The highest BCUT2D eigenvalue weighted by Gasteiger charge is 2.27. The molecule has 0 aliphatic rings. The lowest BCUT2D eigenvalue weighted by atomic mass is 10.1. The largest absolute Gasteiger partial charge is 0.506 e. The molecule has 0 saturated heterocycles. The molecule has 0 saturated carbocycles. The Hall–Kier alpha value is -4.38. The van der Waals surface area contributed by atoms with Gasteiger partial charge in [-0.15, -0.1) is 5.11 Å². The number of nitrogens with one attached hydrogen (secondary N) is 1. The summed E-state index contributed by atoms with van der Waals surface area (Å²) in [6.45, 7) is -0.556. The normalized spacial score (nSPS) is 13.2. The first kappa shape index (κ1) is 47.3. The van der Waals surface area contributed by atoms with E-state index in [4.69, 9.17) is 20.7 Å². The van der Waals surface area contributed by atoms with Crippen molar-refractivity contribution >= 4 is 95.3 Å². The van der Waals surface area contributed by atoms with Crippen LogP contribution in [0.5, 0.6) is 5.75 Å². The molecule has 25 nitrogen and oxygen atoms in total. The Balaban J connectivity index is 1.59. The van der Waals surface area contributed by atoms with Crippen LogP contribution in [0.3, 0.4) is 0 Å². The summed E-state index contributed by atoms with van der Waals surface area (Å²) in [5.41, 5.74) is -0.217. The minimum atomic E-state index is -5.26.